The number of hydrogen-bond acceptors (Lipinski definition) is 5. The van der Waals surface area contributed by atoms with Crippen LogP contribution in [-0.2, 0) is 10.0 Å². The molecule has 0 saturated carbocycles. The van der Waals surface area contributed by atoms with E-state index in [9.17, 15) is 8.42 Å². The molecule has 0 aliphatic carbocycles. The van der Waals surface area contributed by atoms with E-state index in [1.165, 1.54) is 0 Å². The number of rotatable bonds is 7. The monoisotopic (exact) mass is 297 g/mol. The molecule has 6 nitrogen and oxygen atoms in total. The third-order valence-corrected chi connectivity index (χ3v) is 4.19. The lowest BCUT2D eigenvalue weighted by molar-refractivity contribution is 0.374. The number of benzene rings is 1. The second-order valence-corrected chi connectivity index (χ2v) is 6.33. The zero-order valence-electron chi connectivity index (χ0n) is 11.4. The van der Waals surface area contributed by atoms with E-state index < -0.39 is 10.0 Å². The van der Waals surface area contributed by atoms with E-state index in [1.54, 1.807) is 24.3 Å². The van der Waals surface area contributed by atoms with Crippen LogP contribution >= 0.6 is 0 Å². The van der Waals surface area contributed by atoms with Crippen LogP contribution in [-0.4, -0.2) is 39.7 Å². The van der Waals surface area contributed by atoms with Gasteiger partial charge in [-0.15, -0.1) is 0 Å². The number of sulfonamides is 1. The molecule has 0 fully saturated rings. The van der Waals surface area contributed by atoms with Crippen LogP contribution in [0.4, 0.5) is 5.69 Å². The molecule has 7 heteroatoms. The molecule has 0 amide bonds. The van der Waals surface area contributed by atoms with Crippen molar-refractivity contribution in [2.75, 3.05) is 30.2 Å². The summed E-state index contributed by atoms with van der Waals surface area (Å²) in [5, 5.41) is 3.11. The Hall–Kier alpha value is -1.76. The van der Waals surface area contributed by atoms with Crippen LogP contribution in [0.15, 0.2) is 29.3 Å². The zero-order valence-corrected chi connectivity index (χ0v) is 12.2. The Bertz CT molecular complexity index is 584. The van der Waals surface area contributed by atoms with Crippen molar-refractivity contribution in [3.05, 3.63) is 24.3 Å². The SMILES string of the molecule is CCCS(=O)(=O)Nc1cccc(OCC2=NCCN2)c1. The van der Waals surface area contributed by atoms with E-state index >= 15 is 0 Å². The highest BCUT2D eigenvalue weighted by atomic mass is 32.2. The fourth-order valence-corrected chi connectivity index (χ4v) is 2.97. The van der Waals surface area contributed by atoms with Crippen molar-refractivity contribution in [2.24, 2.45) is 4.99 Å². The summed E-state index contributed by atoms with van der Waals surface area (Å²) in [6.07, 6.45) is 0.580. The smallest absolute Gasteiger partial charge is 0.232 e. The van der Waals surface area contributed by atoms with Crippen LogP contribution in [0.5, 0.6) is 5.75 Å². The zero-order chi connectivity index (χ0) is 14.4. The normalized spacial score (nSPS) is 14.6. The molecule has 0 radical (unpaired) electrons. The van der Waals surface area contributed by atoms with Gasteiger partial charge in [0.05, 0.1) is 18.0 Å². The third-order valence-electron chi connectivity index (χ3n) is 2.70. The Morgan fingerprint density at radius 1 is 1.45 bits per heavy atom. The van der Waals surface area contributed by atoms with E-state index in [0.29, 0.717) is 24.5 Å². The van der Waals surface area contributed by atoms with Gasteiger partial charge in [-0.2, -0.15) is 0 Å². The van der Waals surface area contributed by atoms with Crippen LogP contribution < -0.4 is 14.8 Å². The largest absolute Gasteiger partial charge is 0.486 e. The maximum absolute atomic E-state index is 11.7. The molecule has 2 rings (SSSR count). The van der Waals surface area contributed by atoms with E-state index in [4.69, 9.17) is 4.74 Å². The number of aliphatic imine (C=N–C) groups is 1. The number of anilines is 1. The molecule has 1 aromatic carbocycles. The first kappa shape index (κ1) is 14.6. The van der Waals surface area contributed by atoms with Gasteiger partial charge in [-0.1, -0.05) is 13.0 Å². The maximum atomic E-state index is 11.7. The molecule has 0 aromatic heterocycles. The number of ether oxygens (including phenoxy) is 1. The van der Waals surface area contributed by atoms with Gasteiger partial charge < -0.3 is 10.1 Å². The standard InChI is InChI=1S/C13H19N3O3S/c1-2-8-20(17,18)16-11-4-3-5-12(9-11)19-10-13-14-6-7-15-13/h3-5,9,16H,2,6-8,10H2,1H3,(H,14,15). The molecule has 0 saturated heterocycles. The molecule has 20 heavy (non-hydrogen) atoms. The predicted octanol–water partition coefficient (Wildman–Crippen LogP) is 1.22. The summed E-state index contributed by atoms with van der Waals surface area (Å²) in [7, 11) is -3.27. The Morgan fingerprint density at radius 2 is 2.30 bits per heavy atom. The number of nitrogens with zero attached hydrogens (tertiary/aromatic N) is 1. The molecule has 0 atom stereocenters. The number of amidine groups is 1. The topological polar surface area (TPSA) is 79.8 Å². The van der Waals surface area contributed by atoms with Gasteiger partial charge in [-0.25, -0.2) is 8.42 Å². The van der Waals surface area contributed by atoms with Gasteiger partial charge in [0, 0.05) is 12.6 Å². The summed E-state index contributed by atoms with van der Waals surface area (Å²) in [6, 6.07) is 6.91. The van der Waals surface area contributed by atoms with Gasteiger partial charge >= 0.3 is 0 Å². The Morgan fingerprint density at radius 3 is 3.00 bits per heavy atom. The van der Waals surface area contributed by atoms with Gasteiger partial charge in [-0.3, -0.25) is 9.71 Å². The summed E-state index contributed by atoms with van der Waals surface area (Å²) in [5.41, 5.74) is 0.511. The van der Waals surface area contributed by atoms with Gasteiger partial charge in [0.2, 0.25) is 10.0 Å². The minimum absolute atomic E-state index is 0.110. The average Bonchev–Trinajstić information content (AvgIpc) is 2.89. The molecule has 1 heterocycles. The summed E-state index contributed by atoms with van der Waals surface area (Å²) >= 11 is 0. The van der Waals surface area contributed by atoms with Gasteiger partial charge in [0.25, 0.3) is 0 Å². The fourth-order valence-electron chi connectivity index (χ4n) is 1.84. The van der Waals surface area contributed by atoms with E-state index in [2.05, 4.69) is 15.0 Å². The second kappa shape index (κ2) is 6.60. The van der Waals surface area contributed by atoms with Crippen molar-refractivity contribution in [2.45, 2.75) is 13.3 Å². The average molecular weight is 297 g/mol. The Labute approximate surface area is 119 Å². The summed E-state index contributed by atoms with van der Waals surface area (Å²) in [6.45, 7) is 3.81. The van der Waals surface area contributed by atoms with Crippen molar-refractivity contribution >= 4 is 21.5 Å². The maximum Gasteiger partial charge on any atom is 0.232 e. The third kappa shape index (κ3) is 4.41. The van der Waals surface area contributed by atoms with Gasteiger partial charge in [0.1, 0.15) is 18.2 Å². The van der Waals surface area contributed by atoms with Crippen molar-refractivity contribution < 1.29 is 13.2 Å². The number of hydrogen-bond donors (Lipinski definition) is 2. The van der Waals surface area contributed by atoms with E-state index in [-0.39, 0.29) is 5.75 Å². The van der Waals surface area contributed by atoms with Crippen molar-refractivity contribution in [1.29, 1.82) is 0 Å². The highest BCUT2D eigenvalue weighted by Crippen LogP contribution is 2.18. The molecular formula is C13H19N3O3S. The van der Waals surface area contributed by atoms with Crippen LogP contribution in [0.2, 0.25) is 0 Å². The van der Waals surface area contributed by atoms with Crippen molar-refractivity contribution in [1.82, 2.24) is 5.32 Å². The molecule has 110 valence electrons. The second-order valence-electron chi connectivity index (χ2n) is 4.49. The molecule has 1 aliphatic heterocycles. The lowest BCUT2D eigenvalue weighted by Gasteiger charge is -2.10. The van der Waals surface area contributed by atoms with Crippen molar-refractivity contribution in [3.63, 3.8) is 0 Å². The molecule has 0 bridgehead atoms. The molecular weight excluding hydrogens is 278 g/mol. The molecule has 0 spiro atoms. The summed E-state index contributed by atoms with van der Waals surface area (Å²) < 4.78 is 31.5. The van der Waals surface area contributed by atoms with E-state index in [0.717, 1.165) is 18.9 Å². The first-order valence-corrected chi connectivity index (χ1v) is 8.25. The summed E-state index contributed by atoms with van der Waals surface area (Å²) in [4.78, 5) is 4.23. The van der Waals surface area contributed by atoms with Crippen molar-refractivity contribution in [3.8, 4) is 5.75 Å². The first-order chi connectivity index (χ1) is 9.59. The Kier molecular flexibility index (Phi) is 4.84. The molecule has 1 aliphatic rings. The lowest BCUT2D eigenvalue weighted by Crippen LogP contribution is -2.24. The van der Waals surface area contributed by atoms with Gasteiger partial charge in [-0.05, 0) is 18.6 Å². The highest BCUT2D eigenvalue weighted by molar-refractivity contribution is 7.92. The minimum Gasteiger partial charge on any atom is -0.486 e. The van der Waals surface area contributed by atoms with E-state index in [1.807, 2.05) is 6.92 Å². The highest BCUT2D eigenvalue weighted by Gasteiger charge is 2.10. The predicted molar refractivity (Wildman–Crippen MR) is 79.9 cm³/mol. The molecule has 0 unspecified atom stereocenters. The van der Waals surface area contributed by atoms with Crippen LogP contribution in [0.1, 0.15) is 13.3 Å². The lowest BCUT2D eigenvalue weighted by atomic mass is 10.3. The Balaban J connectivity index is 1.96. The van der Waals surface area contributed by atoms with Crippen LogP contribution in [0.25, 0.3) is 0 Å². The van der Waals surface area contributed by atoms with Gasteiger partial charge in [0.15, 0.2) is 0 Å². The van der Waals surface area contributed by atoms with Crippen LogP contribution in [0, 0.1) is 0 Å². The quantitative estimate of drug-likeness (QED) is 0.793. The summed E-state index contributed by atoms with van der Waals surface area (Å²) in [5.74, 6) is 1.54. The first-order valence-electron chi connectivity index (χ1n) is 6.59. The fraction of sp³-hybridized carbons (Fsp3) is 0.462. The molecule has 2 N–H and O–H groups in total. The molecule has 1 aromatic rings. The minimum atomic E-state index is -3.27. The number of nitrogens with one attached hydrogen (secondary N) is 2. The van der Waals surface area contributed by atoms with Crippen LogP contribution in [0.3, 0.4) is 0 Å².